The van der Waals surface area contributed by atoms with Crippen LogP contribution in [0.1, 0.15) is 0 Å². The molecule has 1 aromatic carbocycles. The van der Waals surface area contributed by atoms with Crippen LogP contribution in [-0.2, 0) is 0 Å². The van der Waals surface area contributed by atoms with Gasteiger partial charge in [-0.2, -0.15) is 0 Å². The summed E-state index contributed by atoms with van der Waals surface area (Å²) in [6, 6.07) is 3.69. The topological polar surface area (TPSA) is 48.8 Å². The summed E-state index contributed by atoms with van der Waals surface area (Å²) in [6.07, 6.45) is 0. The van der Waals surface area contributed by atoms with Crippen molar-refractivity contribution in [3.8, 4) is 5.88 Å². The van der Waals surface area contributed by atoms with Crippen LogP contribution in [0.3, 0.4) is 0 Å². The van der Waals surface area contributed by atoms with Gasteiger partial charge in [0.25, 0.3) is 0 Å². The van der Waals surface area contributed by atoms with Gasteiger partial charge >= 0.3 is 0 Å². The van der Waals surface area contributed by atoms with E-state index in [-0.39, 0.29) is 10.7 Å². The predicted octanol–water partition coefficient (Wildman–Crippen LogP) is 1.50. The lowest BCUT2D eigenvalue weighted by molar-refractivity contribution is -0.272. The smallest absolute Gasteiger partial charge is 0.222 e. The van der Waals surface area contributed by atoms with Gasteiger partial charge in [0.2, 0.25) is 5.28 Å². The molecule has 2 aromatic rings. The molecule has 0 aliphatic rings. The molecule has 0 fully saturated rings. The maximum atomic E-state index is 12.7. The number of fused-ring (bicyclic) bond motifs is 1. The van der Waals surface area contributed by atoms with Gasteiger partial charge in [-0.05, 0) is 29.8 Å². The van der Waals surface area contributed by atoms with Crippen LogP contribution in [0.15, 0.2) is 18.2 Å². The van der Waals surface area contributed by atoms with Crippen molar-refractivity contribution in [1.29, 1.82) is 0 Å². The summed E-state index contributed by atoms with van der Waals surface area (Å²) < 4.78 is 12.7. The van der Waals surface area contributed by atoms with Crippen molar-refractivity contribution in [3.05, 3.63) is 29.3 Å². The van der Waals surface area contributed by atoms with Gasteiger partial charge in [0.05, 0.1) is 5.52 Å². The minimum atomic E-state index is -0.561. The number of rotatable bonds is 0. The first-order chi connectivity index (χ1) is 6.16. The maximum absolute atomic E-state index is 12.7. The molecule has 0 atom stereocenters. The summed E-state index contributed by atoms with van der Waals surface area (Å²) >= 11 is 5.45. The lowest BCUT2D eigenvalue weighted by Gasteiger charge is -2.08. The van der Waals surface area contributed by atoms with Gasteiger partial charge < -0.3 is 5.11 Å². The highest BCUT2D eigenvalue weighted by atomic mass is 35.5. The molecule has 0 N–H and O–H groups in total. The van der Waals surface area contributed by atoms with Gasteiger partial charge in [-0.25, -0.2) is 14.4 Å². The molecule has 1 aromatic heterocycles. The third kappa shape index (κ3) is 1.40. The van der Waals surface area contributed by atoms with Crippen LogP contribution in [0.2, 0.25) is 5.28 Å². The van der Waals surface area contributed by atoms with E-state index < -0.39 is 11.7 Å². The average molecular weight is 198 g/mol. The molecule has 1 heterocycles. The molecule has 3 nitrogen and oxygen atoms in total. The van der Waals surface area contributed by atoms with Crippen molar-refractivity contribution >= 4 is 22.5 Å². The van der Waals surface area contributed by atoms with E-state index in [1.54, 1.807) is 0 Å². The van der Waals surface area contributed by atoms with Crippen LogP contribution >= 0.6 is 11.6 Å². The number of benzene rings is 1. The van der Waals surface area contributed by atoms with Crippen molar-refractivity contribution in [3.63, 3.8) is 0 Å². The lowest BCUT2D eigenvalue weighted by Crippen LogP contribution is -1.97. The van der Waals surface area contributed by atoms with Crippen LogP contribution in [0.5, 0.6) is 5.88 Å². The zero-order valence-electron chi connectivity index (χ0n) is 6.29. The van der Waals surface area contributed by atoms with Gasteiger partial charge in [0.15, 0.2) is 0 Å². The molecule has 0 unspecified atom stereocenters. The van der Waals surface area contributed by atoms with Gasteiger partial charge in [-0.1, -0.05) is 0 Å². The van der Waals surface area contributed by atoms with E-state index in [2.05, 4.69) is 9.97 Å². The van der Waals surface area contributed by atoms with E-state index in [0.717, 1.165) is 6.07 Å². The van der Waals surface area contributed by atoms with Gasteiger partial charge in [-0.15, -0.1) is 0 Å². The molecule has 0 saturated carbocycles. The Morgan fingerprint density at radius 1 is 1.31 bits per heavy atom. The van der Waals surface area contributed by atoms with E-state index in [1.807, 2.05) is 0 Å². The molecule has 0 saturated heterocycles. The number of nitrogens with zero attached hydrogens (tertiary/aromatic N) is 2. The van der Waals surface area contributed by atoms with Crippen LogP contribution in [-0.4, -0.2) is 9.97 Å². The highest BCUT2D eigenvalue weighted by molar-refractivity contribution is 6.28. The molecule has 0 bridgehead atoms. The lowest BCUT2D eigenvalue weighted by atomic mass is 10.2. The summed E-state index contributed by atoms with van der Waals surface area (Å²) in [7, 11) is 0. The van der Waals surface area contributed by atoms with Crippen molar-refractivity contribution < 1.29 is 9.50 Å². The number of hydrogen-bond donors (Lipinski definition) is 0. The molecule has 0 amide bonds. The van der Waals surface area contributed by atoms with E-state index in [0.29, 0.717) is 5.52 Å². The van der Waals surface area contributed by atoms with E-state index in [1.165, 1.54) is 12.1 Å². The van der Waals surface area contributed by atoms with E-state index in [9.17, 15) is 9.50 Å². The highest BCUT2D eigenvalue weighted by Crippen LogP contribution is 2.21. The summed E-state index contributed by atoms with van der Waals surface area (Å²) in [5, 5.41) is 11.2. The van der Waals surface area contributed by atoms with E-state index in [4.69, 9.17) is 11.6 Å². The van der Waals surface area contributed by atoms with Crippen LogP contribution in [0.4, 0.5) is 4.39 Å². The SMILES string of the molecule is [O-]c1nc(Cl)nc2ccc(F)cc12. The van der Waals surface area contributed by atoms with E-state index >= 15 is 0 Å². The van der Waals surface area contributed by atoms with Gasteiger partial charge in [-0.3, -0.25) is 0 Å². The summed E-state index contributed by atoms with van der Waals surface area (Å²) in [5.41, 5.74) is 0.353. The molecular formula is C8H3ClFN2O-. The third-order valence-corrected chi connectivity index (χ3v) is 1.76. The average Bonchev–Trinajstić information content (AvgIpc) is 2.06. The number of halogens is 2. The van der Waals surface area contributed by atoms with Gasteiger partial charge in [0.1, 0.15) is 5.82 Å². The Morgan fingerprint density at radius 2 is 2.08 bits per heavy atom. The fourth-order valence-electron chi connectivity index (χ4n) is 1.05. The molecule has 0 radical (unpaired) electrons. The molecule has 13 heavy (non-hydrogen) atoms. The Bertz CT molecular complexity index is 475. The standard InChI is InChI=1S/C8H4ClFN2O/c9-8-11-6-2-1-4(10)3-5(6)7(13)12-8/h1-3H,(H,11,12,13)/p-1. The monoisotopic (exact) mass is 197 g/mol. The minimum Gasteiger partial charge on any atom is -0.858 e. The molecule has 0 aliphatic carbocycles. The summed E-state index contributed by atoms with van der Waals surface area (Å²) in [5.74, 6) is -1.05. The molecule has 0 aliphatic heterocycles. The number of hydrogen-bond acceptors (Lipinski definition) is 3. The fraction of sp³-hybridized carbons (Fsp3) is 0. The zero-order chi connectivity index (χ0) is 9.42. The molecule has 2 rings (SSSR count). The highest BCUT2D eigenvalue weighted by Gasteiger charge is 2.00. The second-order valence-electron chi connectivity index (χ2n) is 2.46. The summed E-state index contributed by atoms with van der Waals surface area (Å²) in [4.78, 5) is 7.14. The zero-order valence-corrected chi connectivity index (χ0v) is 7.05. The molecule has 0 spiro atoms. The Hall–Kier alpha value is -1.42. The van der Waals surface area contributed by atoms with Crippen molar-refractivity contribution in [2.75, 3.05) is 0 Å². The molecule has 5 heteroatoms. The second kappa shape index (κ2) is 2.81. The fourth-order valence-corrected chi connectivity index (χ4v) is 1.21. The van der Waals surface area contributed by atoms with Crippen molar-refractivity contribution in [2.45, 2.75) is 0 Å². The van der Waals surface area contributed by atoms with Gasteiger partial charge in [0, 0.05) is 11.3 Å². The minimum absolute atomic E-state index is 0.121. The van der Waals surface area contributed by atoms with Crippen LogP contribution in [0, 0.1) is 5.82 Å². The normalized spacial score (nSPS) is 10.6. The Labute approximate surface area is 77.8 Å². The molecule has 66 valence electrons. The second-order valence-corrected chi connectivity index (χ2v) is 2.80. The van der Waals surface area contributed by atoms with Crippen LogP contribution in [0.25, 0.3) is 10.9 Å². The quantitative estimate of drug-likeness (QED) is 0.602. The Morgan fingerprint density at radius 3 is 2.85 bits per heavy atom. The number of aromatic nitrogens is 2. The van der Waals surface area contributed by atoms with Crippen molar-refractivity contribution in [2.24, 2.45) is 0 Å². The first-order valence-corrected chi connectivity index (χ1v) is 3.84. The largest absolute Gasteiger partial charge is 0.858 e. The third-order valence-electron chi connectivity index (χ3n) is 1.60. The first-order valence-electron chi connectivity index (χ1n) is 3.46. The Kier molecular flexibility index (Phi) is 1.77. The first kappa shape index (κ1) is 8.19. The predicted molar refractivity (Wildman–Crippen MR) is 44.0 cm³/mol. The maximum Gasteiger partial charge on any atom is 0.222 e. The summed E-state index contributed by atoms with van der Waals surface area (Å²) in [6.45, 7) is 0. The van der Waals surface area contributed by atoms with Crippen molar-refractivity contribution in [1.82, 2.24) is 9.97 Å². The van der Waals surface area contributed by atoms with Crippen LogP contribution < -0.4 is 5.11 Å². The Balaban J connectivity index is 2.87. The molecular weight excluding hydrogens is 195 g/mol.